The summed E-state index contributed by atoms with van der Waals surface area (Å²) in [5.41, 5.74) is 0.792. The number of aromatic nitrogens is 1. The minimum atomic E-state index is -3.84. The molecule has 0 spiro atoms. The van der Waals surface area contributed by atoms with E-state index in [2.05, 4.69) is 15.6 Å². The highest BCUT2D eigenvalue weighted by atomic mass is 32.2. The first-order valence-corrected chi connectivity index (χ1v) is 12.7. The van der Waals surface area contributed by atoms with E-state index in [9.17, 15) is 22.4 Å². The quantitative estimate of drug-likeness (QED) is 0.631. The van der Waals surface area contributed by atoms with Crippen molar-refractivity contribution in [2.45, 2.75) is 44.6 Å². The molecule has 2 aromatic rings. The van der Waals surface area contributed by atoms with Crippen molar-refractivity contribution in [2.24, 2.45) is 11.8 Å². The number of carbonyl (C=O) groups excluding carboxylic acids is 2. The lowest BCUT2D eigenvalue weighted by molar-refractivity contribution is -0.130. The molecule has 8 nitrogen and oxygen atoms in total. The Kier molecular flexibility index (Phi) is 7.63. The highest BCUT2D eigenvalue weighted by molar-refractivity contribution is 7.89. The molecule has 1 saturated heterocycles. The number of nitrogens with zero attached hydrogens (tertiary/aromatic N) is 2. The van der Waals surface area contributed by atoms with Crippen LogP contribution in [-0.4, -0.2) is 48.7 Å². The maximum absolute atomic E-state index is 13.2. The lowest BCUT2D eigenvalue weighted by atomic mass is 9.96. The monoisotopic (exact) mass is 482 g/mol. The van der Waals surface area contributed by atoms with Crippen LogP contribution in [0, 0.1) is 24.6 Å². The summed E-state index contributed by atoms with van der Waals surface area (Å²) in [4.78, 5) is 29.9. The molecule has 1 aliphatic heterocycles. The Labute approximate surface area is 191 Å². The molecule has 1 aromatic carbocycles. The fraction of sp³-hybridized carbons (Fsp3) is 0.476. The largest absolute Gasteiger partial charge is 0.344 e. The first-order valence-electron chi connectivity index (χ1n) is 10.4. The number of halogens is 1. The van der Waals surface area contributed by atoms with Crippen LogP contribution >= 0.6 is 11.3 Å². The van der Waals surface area contributed by atoms with Gasteiger partial charge in [0, 0.05) is 18.5 Å². The van der Waals surface area contributed by atoms with Crippen molar-refractivity contribution < 1.29 is 22.4 Å². The van der Waals surface area contributed by atoms with E-state index in [1.807, 2.05) is 26.2 Å². The van der Waals surface area contributed by atoms with Crippen LogP contribution in [0.5, 0.6) is 0 Å². The average Bonchev–Trinajstić information content (AvgIpc) is 3.16. The topological polar surface area (TPSA) is 108 Å². The molecule has 1 aliphatic rings. The van der Waals surface area contributed by atoms with Gasteiger partial charge in [0.05, 0.1) is 16.5 Å². The van der Waals surface area contributed by atoms with Crippen LogP contribution in [0.3, 0.4) is 0 Å². The second-order valence-electron chi connectivity index (χ2n) is 8.17. The highest BCUT2D eigenvalue weighted by Gasteiger charge is 2.35. The van der Waals surface area contributed by atoms with Gasteiger partial charge < -0.3 is 10.6 Å². The zero-order valence-corrected chi connectivity index (χ0v) is 19.8. The van der Waals surface area contributed by atoms with E-state index in [4.69, 9.17) is 0 Å². The molecule has 0 radical (unpaired) electrons. The molecule has 0 unspecified atom stereocenters. The zero-order valence-electron chi connectivity index (χ0n) is 18.2. The van der Waals surface area contributed by atoms with Crippen LogP contribution < -0.4 is 10.6 Å². The summed E-state index contributed by atoms with van der Waals surface area (Å²) < 4.78 is 40.2. The number of hydrogen-bond donors (Lipinski definition) is 2. The summed E-state index contributed by atoms with van der Waals surface area (Å²) in [5.74, 6) is -2.02. The van der Waals surface area contributed by atoms with Gasteiger partial charge in [0.2, 0.25) is 21.8 Å². The normalized spacial score (nSPS) is 18.3. The molecule has 3 rings (SSSR count). The number of thiazole rings is 1. The predicted octanol–water partition coefficient (Wildman–Crippen LogP) is 2.77. The summed E-state index contributed by atoms with van der Waals surface area (Å²) in [7, 11) is -3.84. The number of nitrogens with one attached hydrogen (secondary N) is 2. The molecule has 1 aromatic heterocycles. The number of sulfonamides is 1. The average molecular weight is 483 g/mol. The standard InChI is InChI=1S/C21H27FN4O4S2/c1-13(2)18(20(28)25-21-23-14(3)12-31-21)24-19(27)15-5-4-10-26(11-15)32(29,30)17-8-6-16(22)7-9-17/h6-9,12-13,15,18H,4-5,10-11H2,1-3H3,(H,24,27)(H,23,25,28)/t15-,18-/m1/s1. The number of rotatable bonds is 7. The van der Waals surface area contributed by atoms with E-state index < -0.39 is 27.8 Å². The fourth-order valence-corrected chi connectivity index (χ4v) is 5.75. The summed E-state index contributed by atoms with van der Waals surface area (Å²) >= 11 is 1.30. The molecule has 11 heteroatoms. The van der Waals surface area contributed by atoms with Crippen molar-refractivity contribution in [3.8, 4) is 0 Å². The highest BCUT2D eigenvalue weighted by Crippen LogP contribution is 2.24. The third-order valence-electron chi connectivity index (χ3n) is 5.30. The lowest BCUT2D eigenvalue weighted by Crippen LogP contribution is -2.52. The van der Waals surface area contributed by atoms with Gasteiger partial charge in [-0.15, -0.1) is 11.3 Å². The maximum Gasteiger partial charge on any atom is 0.248 e. The van der Waals surface area contributed by atoms with Crippen molar-refractivity contribution in [2.75, 3.05) is 18.4 Å². The van der Waals surface area contributed by atoms with Crippen molar-refractivity contribution >= 4 is 38.3 Å². The van der Waals surface area contributed by atoms with Crippen molar-refractivity contribution in [3.63, 3.8) is 0 Å². The van der Waals surface area contributed by atoms with Crippen LogP contribution in [0.2, 0.25) is 0 Å². The minimum absolute atomic E-state index is 0.00362. The number of piperidine rings is 1. The second-order valence-corrected chi connectivity index (χ2v) is 11.0. The molecule has 1 fully saturated rings. The third-order valence-corrected chi connectivity index (χ3v) is 8.06. The molecule has 2 amide bonds. The molecule has 2 atom stereocenters. The van der Waals surface area contributed by atoms with Crippen LogP contribution in [0.15, 0.2) is 34.5 Å². The molecule has 0 bridgehead atoms. The van der Waals surface area contributed by atoms with Gasteiger partial charge in [0.15, 0.2) is 5.13 Å². The number of aryl methyl sites for hydroxylation is 1. The fourth-order valence-electron chi connectivity index (χ4n) is 3.53. The van der Waals surface area contributed by atoms with E-state index >= 15 is 0 Å². The molecule has 2 heterocycles. The van der Waals surface area contributed by atoms with Gasteiger partial charge in [-0.25, -0.2) is 17.8 Å². The van der Waals surface area contributed by atoms with E-state index in [1.165, 1.54) is 27.8 Å². The van der Waals surface area contributed by atoms with Crippen molar-refractivity contribution in [1.82, 2.24) is 14.6 Å². The summed E-state index contributed by atoms with van der Waals surface area (Å²) in [6, 6.07) is 3.84. The molecule has 174 valence electrons. The Morgan fingerprint density at radius 3 is 2.53 bits per heavy atom. The van der Waals surface area contributed by atoms with Gasteiger partial charge in [-0.05, 0) is 49.9 Å². The summed E-state index contributed by atoms with van der Waals surface area (Å²) in [6.45, 7) is 5.75. The Hall–Kier alpha value is -2.37. The number of anilines is 1. The molecule has 2 N–H and O–H groups in total. The SMILES string of the molecule is Cc1csc(NC(=O)[C@H](NC(=O)[C@@H]2CCCN(S(=O)(=O)c3ccc(F)cc3)C2)C(C)C)n1. The Morgan fingerprint density at radius 1 is 1.25 bits per heavy atom. The molecule has 32 heavy (non-hydrogen) atoms. The van der Waals surface area contributed by atoms with Crippen LogP contribution in [0.25, 0.3) is 0 Å². The Morgan fingerprint density at radius 2 is 1.94 bits per heavy atom. The van der Waals surface area contributed by atoms with Gasteiger partial charge in [-0.1, -0.05) is 13.8 Å². The van der Waals surface area contributed by atoms with Gasteiger partial charge in [-0.3, -0.25) is 9.59 Å². The molecule has 0 aliphatic carbocycles. The minimum Gasteiger partial charge on any atom is -0.344 e. The van der Waals surface area contributed by atoms with Gasteiger partial charge in [0.25, 0.3) is 0 Å². The Bertz CT molecular complexity index is 1070. The predicted molar refractivity (Wildman–Crippen MR) is 120 cm³/mol. The molecule has 0 saturated carbocycles. The molecular formula is C21H27FN4O4S2. The summed E-state index contributed by atoms with van der Waals surface area (Å²) in [5, 5.41) is 7.79. The number of amides is 2. The zero-order chi connectivity index (χ0) is 23.5. The van der Waals surface area contributed by atoms with Crippen molar-refractivity contribution in [1.29, 1.82) is 0 Å². The number of hydrogen-bond acceptors (Lipinski definition) is 6. The first kappa shape index (κ1) is 24.3. The van der Waals surface area contributed by atoms with E-state index in [0.29, 0.717) is 18.0 Å². The summed E-state index contributed by atoms with van der Waals surface area (Å²) in [6.07, 6.45) is 1.02. The van der Waals surface area contributed by atoms with Crippen molar-refractivity contribution in [3.05, 3.63) is 41.2 Å². The van der Waals surface area contributed by atoms with Crippen LogP contribution in [0.1, 0.15) is 32.4 Å². The van der Waals surface area contributed by atoms with E-state index in [-0.39, 0.29) is 35.7 Å². The van der Waals surface area contributed by atoms with Crippen LogP contribution in [-0.2, 0) is 19.6 Å². The second kappa shape index (κ2) is 10.1. The smallest absolute Gasteiger partial charge is 0.248 e. The molecular weight excluding hydrogens is 455 g/mol. The third kappa shape index (κ3) is 5.70. The number of carbonyl (C=O) groups is 2. The van der Waals surface area contributed by atoms with Gasteiger partial charge >= 0.3 is 0 Å². The maximum atomic E-state index is 13.2. The van der Waals surface area contributed by atoms with E-state index in [1.54, 1.807) is 0 Å². The lowest BCUT2D eigenvalue weighted by Gasteiger charge is -2.32. The van der Waals surface area contributed by atoms with Gasteiger partial charge in [0.1, 0.15) is 11.9 Å². The van der Waals surface area contributed by atoms with Crippen LogP contribution in [0.4, 0.5) is 9.52 Å². The number of benzene rings is 1. The van der Waals surface area contributed by atoms with Gasteiger partial charge in [-0.2, -0.15) is 4.31 Å². The Balaban J connectivity index is 1.67. The first-order chi connectivity index (χ1) is 15.1. The van der Waals surface area contributed by atoms with E-state index in [0.717, 1.165) is 17.8 Å².